The van der Waals surface area contributed by atoms with E-state index >= 15 is 0 Å². The van der Waals surface area contributed by atoms with Gasteiger partial charge in [-0.2, -0.15) is 0 Å². The summed E-state index contributed by atoms with van der Waals surface area (Å²) in [6.45, 7) is 0.608. The van der Waals surface area contributed by atoms with Crippen LogP contribution in [0, 0.1) is 0 Å². The van der Waals surface area contributed by atoms with Crippen molar-refractivity contribution in [2.45, 2.75) is 25.0 Å². The number of benzene rings is 1. The number of methoxy groups -OCH3 is 1. The van der Waals surface area contributed by atoms with Crippen molar-refractivity contribution in [3.8, 4) is 0 Å². The van der Waals surface area contributed by atoms with Crippen LogP contribution in [0.4, 0.5) is 0 Å². The molecule has 0 aliphatic heterocycles. The molecule has 1 rings (SSSR count). The first-order chi connectivity index (χ1) is 7.65. The lowest BCUT2D eigenvalue weighted by Gasteiger charge is -2.17. The van der Waals surface area contributed by atoms with E-state index in [-0.39, 0.29) is 6.04 Å². The number of ether oxygens (including phenoxy) is 1. The van der Waals surface area contributed by atoms with E-state index in [1.807, 2.05) is 18.2 Å². The standard InChI is InChI=1S/C12H18ClNO2/c1-16-7-6-9(14)8-12(15)10-4-2-3-5-11(10)13/h2-5,9,12,15H,6-8,14H2,1H3. The third-order valence-corrected chi connectivity index (χ3v) is 2.83. The fourth-order valence-electron chi connectivity index (χ4n) is 1.55. The van der Waals surface area contributed by atoms with Gasteiger partial charge in [0.1, 0.15) is 0 Å². The van der Waals surface area contributed by atoms with Crippen LogP contribution >= 0.6 is 11.6 Å². The topological polar surface area (TPSA) is 55.5 Å². The maximum absolute atomic E-state index is 9.97. The Hall–Kier alpha value is -0.610. The van der Waals surface area contributed by atoms with Crippen LogP contribution in [0.2, 0.25) is 5.02 Å². The van der Waals surface area contributed by atoms with Gasteiger partial charge in [-0.25, -0.2) is 0 Å². The molecule has 2 atom stereocenters. The molecule has 0 saturated heterocycles. The van der Waals surface area contributed by atoms with Crippen LogP contribution < -0.4 is 5.73 Å². The van der Waals surface area contributed by atoms with Gasteiger partial charge in [0.15, 0.2) is 0 Å². The molecule has 0 heterocycles. The van der Waals surface area contributed by atoms with Crippen molar-refractivity contribution >= 4 is 11.6 Å². The van der Waals surface area contributed by atoms with E-state index in [0.717, 1.165) is 12.0 Å². The predicted octanol–water partition coefficient (Wildman–Crippen LogP) is 2.13. The van der Waals surface area contributed by atoms with Gasteiger partial charge < -0.3 is 15.6 Å². The zero-order valence-corrected chi connectivity index (χ0v) is 10.2. The maximum Gasteiger partial charge on any atom is 0.0819 e. The summed E-state index contributed by atoms with van der Waals surface area (Å²) >= 11 is 5.98. The normalized spacial score (nSPS) is 14.8. The van der Waals surface area contributed by atoms with Crippen molar-refractivity contribution in [2.24, 2.45) is 5.73 Å². The fraction of sp³-hybridized carbons (Fsp3) is 0.500. The number of aliphatic hydroxyl groups excluding tert-OH is 1. The summed E-state index contributed by atoms with van der Waals surface area (Å²) in [4.78, 5) is 0. The van der Waals surface area contributed by atoms with Gasteiger partial charge in [-0.05, 0) is 24.5 Å². The molecule has 0 aliphatic carbocycles. The Morgan fingerprint density at radius 3 is 2.75 bits per heavy atom. The lowest BCUT2D eigenvalue weighted by Crippen LogP contribution is -2.24. The fourth-order valence-corrected chi connectivity index (χ4v) is 1.81. The molecule has 16 heavy (non-hydrogen) atoms. The number of rotatable bonds is 6. The van der Waals surface area contributed by atoms with Crippen molar-refractivity contribution < 1.29 is 9.84 Å². The minimum atomic E-state index is -0.611. The molecule has 1 aromatic carbocycles. The van der Waals surface area contributed by atoms with Crippen molar-refractivity contribution in [3.63, 3.8) is 0 Å². The molecule has 0 saturated carbocycles. The van der Waals surface area contributed by atoms with Gasteiger partial charge in [0, 0.05) is 24.8 Å². The summed E-state index contributed by atoms with van der Waals surface area (Å²) in [5.74, 6) is 0. The smallest absolute Gasteiger partial charge is 0.0819 e. The molecule has 0 spiro atoms. The molecule has 3 nitrogen and oxygen atoms in total. The molecular weight excluding hydrogens is 226 g/mol. The third kappa shape index (κ3) is 4.10. The lowest BCUT2D eigenvalue weighted by atomic mass is 10.0. The van der Waals surface area contributed by atoms with Gasteiger partial charge in [0.05, 0.1) is 6.10 Å². The first kappa shape index (κ1) is 13.5. The second-order valence-electron chi connectivity index (χ2n) is 3.81. The van der Waals surface area contributed by atoms with E-state index < -0.39 is 6.10 Å². The largest absolute Gasteiger partial charge is 0.388 e. The SMILES string of the molecule is COCCC(N)CC(O)c1ccccc1Cl. The number of nitrogens with two attached hydrogens (primary N) is 1. The van der Waals surface area contributed by atoms with Gasteiger partial charge in [0.2, 0.25) is 0 Å². The van der Waals surface area contributed by atoms with E-state index in [1.165, 1.54) is 0 Å². The van der Waals surface area contributed by atoms with E-state index in [0.29, 0.717) is 18.1 Å². The molecule has 0 aliphatic rings. The van der Waals surface area contributed by atoms with Crippen LogP contribution in [0.25, 0.3) is 0 Å². The van der Waals surface area contributed by atoms with E-state index in [4.69, 9.17) is 22.1 Å². The van der Waals surface area contributed by atoms with E-state index in [2.05, 4.69) is 0 Å². The Balaban J connectivity index is 2.52. The van der Waals surface area contributed by atoms with Crippen LogP contribution in [-0.4, -0.2) is 24.9 Å². The zero-order valence-electron chi connectivity index (χ0n) is 9.40. The van der Waals surface area contributed by atoms with E-state index in [1.54, 1.807) is 13.2 Å². The predicted molar refractivity (Wildman–Crippen MR) is 65.5 cm³/mol. The summed E-state index contributed by atoms with van der Waals surface area (Å²) in [6, 6.07) is 7.19. The summed E-state index contributed by atoms with van der Waals surface area (Å²) in [5.41, 5.74) is 6.60. The Morgan fingerprint density at radius 2 is 2.12 bits per heavy atom. The number of hydrogen-bond donors (Lipinski definition) is 2. The van der Waals surface area contributed by atoms with Crippen molar-refractivity contribution in [1.82, 2.24) is 0 Å². The second-order valence-corrected chi connectivity index (χ2v) is 4.22. The Morgan fingerprint density at radius 1 is 1.44 bits per heavy atom. The van der Waals surface area contributed by atoms with Crippen molar-refractivity contribution in [2.75, 3.05) is 13.7 Å². The first-order valence-corrected chi connectivity index (χ1v) is 5.70. The summed E-state index contributed by atoms with van der Waals surface area (Å²) in [7, 11) is 1.64. The minimum absolute atomic E-state index is 0.0776. The Bertz CT molecular complexity index is 320. The molecule has 0 radical (unpaired) electrons. The minimum Gasteiger partial charge on any atom is -0.388 e. The summed E-state index contributed by atoms with van der Waals surface area (Å²) < 4.78 is 4.94. The van der Waals surface area contributed by atoms with Crippen LogP contribution in [0.1, 0.15) is 24.5 Å². The van der Waals surface area contributed by atoms with Gasteiger partial charge >= 0.3 is 0 Å². The summed E-state index contributed by atoms with van der Waals surface area (Å²) in [6.07, 6.45) is 0.617. The molecule has 2 unspecified atom stereocenters. The molecule has 1 aromatic rings. The average molecular weight is 244 g/mol. The highest BCUT2D eigenvalue weighted by molar-refractivity contribution is 6.31. The number of halogens is 1. The highest BCUT2D eigenvalue weighted by Crippen LogP contribution is 2.25. The van der Waals surface area contributed by atoms with Gasteiger partial charge in [-0.1, -0.05) is 29.8 Å². The molecule has 90 valence electrons. The molecule has 0 fully saturated rings. The number of hydrogen-bond acceptors (Lipinski definition) is 3. The molecule has 0 amide bonds. The number of aliphatic hydroxyl groups is 1. The second kappa shape index (κ2) is 6.86. The van der Waals surface area contributed by atoms with E-state index in [9.17, 15) is 5.11 Å². The van der Waals surface area contributed by atoms with Crippen molar-refractivity contribution in [3.05, 3.63) is 34.9 Å². The average Bonchev–Trinajstić information content (AvgIpc) is 2.26. The lowest BCUT2D eigenvalue weighted by molar-refractivity contribution is 0.141. The molecular formula is C12H18ClNO2. The first-order valence-electron chi connectivity index (χ1n) is 5.32. The maximum atomic E-state index is 9.97. The highest BCUT2D eigenvalue weighted by atomic mass is 35.5. The van der Waals surface area contributed by atoms with Crippen LogP contribution in [0.15, 0.2) is 24.3 Å². The van der Waals surface area contributed by atoms with Gasteiger partial charge in [-0.3, -0.25) is 0 Å². The molecule has 3 N–H and O–H groups in total. The van der Waals surface area contributed by atoms with Gasteiger partial charge in [0.25, 0.3) is 0 Å². The third-order valence-electron chi connectivity index (χ3n) is 2.48. The molecule has 4 heteroatoms. The van der Waals surface area contributed by atoms with Crippen molar-refractivity contribution in [1.29, 1.82) is 0 Å². The van der Waals surface area contributed by atoms with Crippen LogP contribution in [-0.2, 0) is 4.74 Å². The van der Waals surface area contributed by atoms with Crippen LogP contribution in [0.5, 0.6) is 0 Å². The van der Waals surface area contributed by atoms with Crippen LogP contribution in [0.3, 0.4) is 0 Å². The monoisotopic (exact) mass is 243 g/mol. The zero-order chi connectivity index (χ0) is 12.0. The Kier molecular flexibility index (Phi) is 5.77. The molecule has 0 bridgehead atoms. The highest BCUT2D eigenvalue weighted by Gasteiger charge is 2.14. The molecule has 0 aromatic heterocycles. The Labute approximate surface area is 101 Å². The quantitative estimate of drug-likeness (QED) is 0.805. The summed E-state index contributed by atoms with van der Waals surface area (Å²) in [5, 5.41) is 10.5. The van der Waals surface area contributed by atoms with Gasteiger partial charge in [-0.15, -0.1) is 0 Å².